The normalized spacial score (nSPS) is 15.0. The Morgan fingerprint density at radius 1 is 1.06 bits per heavy atom. The third-order valence-electron chi connectivity index (χ3n) is 5.70. The smallest absolute Gasteiger partial charge is 0.267 e. The first kappa shape index (κ1) is 24.2. The van der Waals surface area contributed by atoms with Crippen LogP contribution in [0.25, 0.3) is 11.7 Å². The van der Waals surface area contributed by atoms with Gasteiger partial charge in [0.15, 0.2) is 0 Å². The third-order valence-corrected chi connectivity index (χ3v) is 7.08. The molecule has 3 heterocycles. The quantitative estimate of drug-likeness (QED) is 0.240. The number of rotatable bonds is 10. The summed E-state index contributed by atoms with van der Waals surface area (Å²) in [4.78, 5) is 33.2. The summed E-state index contributed by atoms with van der Waals surface area (Å²) < 4.78 is 2.04. The van der Waals surface area contributed by atoms with Gasteiger partial charge in [-0.3, -0.25) is 18.9 Å². The predicted molar refractivity (Wildman–Crippen MR) is 144 cm³/mol. The van der Waals surface area contributed by atoms with E-state index in [1.165, 1.54) is 21.7 Å². The van der Waals surface area contributed by atoms with Gasteiger partial charge in [0.05, 0.1) is 10.5 Å². The maximum absolute atomic E-state index is 13.4. The minimum absolute atomic E-state index is 0.140. The van der Waals surface area contributed by atoms with Gasteiger partial charge in [-0.05, 0) is 36.6 Å². The van der Waals surface area contributed by atoms with Crippen LogP contribution in [0.1, 0.15) is 43.7 Å². The molecule has 176 valence electrons. The van der Waals surface area contributed by atoms with Crippen molar-refractivity contribution in [3.8, 4) is 0 Å². The van der Waals surface area contributed by atoms with Gasteiger partial charge in [0.2, 0.25) is 0 Å². The second-order valence-corrected chi connectivity index (χ2v) is 9.84. The Hall–Kier alpha value is -2.97. The molecular weight excluding hydrogens is 464 g/mol. The van der Waals surface area contributed by atoms with E-state index in [1.54, 1.807) is 29.3 Å². The van der Waals surface area contributed by atoms with E-state index in [2.05, 4.69) is 29.4 Å². The molecule has 0 bridgehead atoms. The maximum Gasteiger partial charge on any atom is 0.267 e. The number of pyridine rings is 1. The van der Waals surface area contributed by atoms with E-state index in [4.69, 9.17) is 12.2 Å². The molecule has 4 rings (SSSR count). The molecule has 0 unspecified atom stereocenters. The Morgan fingerprint density at radius 3 is 2.65 bits per heavy atom. The summed E-state index contributed by atoms with van der Waals surface area (Å²) in [5, 5.41) is 3.32. The molecular formula is C26H28N4O2S2. The molecule has 1 aromatic carbocycles. The number of nitrogens with zero attached hydrogens (tertiary/aromatic N) is 3. The number of hydrogen-bond acceptors (Lipinski definition) is 6. The van der Waals surface area contributed by atoms with E-state index in [9.17, 15) is 9.59 Å². The minimum Gasteiger partial charge on any atom is -0.369 e. The van der Waals surface area contributed by atoms with Crippen LogP contribution in [-0.4, -0.2) is 37.6 Å². The van der Waals surface area contributed by atoms with Crippen LogP contribution in [0.3, 0.4) is 0 Å². The average Bonchev–Trinajstić information content (AvgIpc) is 3.12. The number of nitrogens with one attached hydrogen (secondary N) is 1. The van der Waals surface area contributed by atoms with Crippen LogP contribution in [0.5, 0.6) is 0 Å². The van der Waals surface area contributed by atoms with Gasteiger partial charge in [-0.15, -0.1) is 0 Å². The fourth-order valence-electron chi connectivity index (χ4n) is 3.86. The lowest BCUT2D eigenvalue weighted by Crippen LogP contribution is -2.29. The Bertz CT molecular complexity index is 1270. The highest BCUT2D eigenvalue weighted by molar-refractivity contribution is 8.26. The number of aromatic nitrogens is 2. The Kier molecular flexibility index (Phi) is 8.13. The Morgan fingerprint density at radius 2 is 1.85 bits per heavy atom. The summed E-state index contributed by atoms with van der Waals surface area (Å²) in [6, 6.07) is 15.6. The van der Waals surface area contributed by atoms with Crippen LogP contribution in [-0.2, 0) is 11.2 Å². The molecule has 1 N–H and O–H groups in total. The van der Waals surface area contributed by atoms with Crippen molar-refractivity contribution < 1.29 is 4.79 Å². The van der Waals surface area contributed by atoms with Gasteiger partial charge < -0.3 is 5.32 Å². The molecule has 0 radical (unpaired) electrons. The Labute approximate surface area is 209 Å². The van der Waals surface area contributed by atoms with Gasteiger partial charge in [0.25, 0.3) is 11.5 Å². The van der Waals surface area contributed by atoms with Crippen LogP contribution >= 0.6 is 24.0 Å². The molecule has 3 aromatic rings. The lowest BCUT2D eigenvalue weighted by molar-refractivity contribution is -0.122. The summed E-state index contributed by atoms with van der Waals surface area (Å²) in [5.41, 5.74) is 1.89. The van der Waals surface area contributed by atoms with Gasteiger partial charge in [-0.1, -0.05) is 86.6 Å². The first-order valence-corrected chi connectivity index (χ1v) is 12.9. The minimum atomic E-state index is -0.221. The molecule has 0 aliphatic carbocycles. The zero-order valence-corrected chi connectivity index (χ0v) is 20.8. The summed E-state index contributed by atoms with van der Waals surface area (Å²) in [5.74, 6) is 0.333. The molecule has 1 saturated heterocycles. The predicted octanol–water partition coefficient (Wildman–Crippen LogP) is 5.13. The second kappa shape index (κ2) is 11.4. The highest BCUT2D eigenvalue weighted by atomic mass is 32.2. The molecule has 2 aromatic heterocycles. The molecule has 0 spiro atoms. The number of fused-ring (bicyclic) bond motifs is 1. The molecule has 1 amide bonds. The van der Waals surface area contributed by atoms with Crippen molar-refractivity contribution in [2.24, 2.45) is 0 Å². The van der Waals surface area contributed by atoms with Crippen molar-refractivity contribution in [2.75, 3.05) is 18.4 Å². The number of unbranched alkanes of at least 4 members (excludes halogenated alkanes) is 3. The topological polar surface area (TPSA) is 66.7 Å². The monoisotopic (exact) mass is 492 g/mol. The van der Waals surface area contributed by atoms with Crippen molar-refractivity contribution in [3.63, 3.8) is 0 Å². The number of hydrogen-bond donors (Lipinski definition) is 1. The second-order valence-electron chi connectivity index (χ2n) is 8.16. The van der Waals surface area contributed by atoms with Gasteiger partial charge in [-0.2, -0.15) is 0 Å². The fourth-order valence-corrected chi connectivity index (χ4v) is 5.15. The van der Waals surface area contributed by atoms with Crippen LogP contribution in [0, 0.1) is 0 Å². The number of anilines is 1. The number of thioether (sulfide) groups is 1. The summed E-state index contributed by atoms with van der Waals surface area (Å²) in [7, 11) is 0. The van der Waals surface area contributed by atoms with E-state index in [0.29, 0.717) is 39.3 Å². The van der Waals surface area contributed by atoms with Crippen molar-refractivity contribution in [1.82, 2.24) is 14.3 Å². The van der Waals surface area contributed by atoms with E-state index < -0.39 is 0 Å². The lowest BCUT2D eigenvalue weighted by Gasteiger charge is -2.14. The van der Waals surface area contributed by atoms with Crippen LogP contribution in [0.2, 0.25) is 0 Å². The number of amides is 1. The summed E-state index contributed by atoms with van der Waals surface area (Å²) >= 11 is 6.72. The molecule has 0 saturated carbocycles. The molecule has 0 atom stereocenters. The van der Waals surface area contributed by atoms with Crippen LogP contribution in [0.15, 0.2) is 64.4 Å². The van der Waals surface area contributed by atoms with Gasteiger partial charge in [0.1, 0.15) is 15.8 Å². The maximum atomic E-state index is 13.4. The van der Waals surface area contributed by atoms with Crippen LogP contribution in [0.4, 0.5) is 5.82 Å². The van der Waals surface area contributed by atoms with E-state index >= 15 is 0 Å². The lowest BCUT2D eigenvalue weighted by atomic mass is 10.1. The Balaban J connectivity index is 1.61. The van der Waals surface area contributed by atoms with Crippen LogP contribution < -0.4 is 10.9 Å². The average molecular weight is 493 g/mol. The zero-order valence-electron chi connectivity index (χ0n) is 19.2. The van der Waals surface area contributed by atoms with Gasteiger partial charge >= 0.3 is 0 Å². The summed E-state index contributed by atoms with van der Waals surface area (Å²) in [6.07, 6.45) is 8.38. The van der Waals surface area contributed by atoms with E-state index in [-0.39, 0.29) is 11.5 Å². The molecule has 8 heteroatoms. The molecule has 34 heavy (non-hydrogen) atoms. The highest BCUT2D eigenvalue weighted by Crippen LogP contribution is 2.33. The van der Waals surface area contributed by atoms with Crippen molar-refractivity contribution in [3.05, 3.63) is 81.1 Å². The SMILES string of the molecule is CCCCCCN1C(=O)/C(=C\c2c(NCCc3ccccc3)nc3ccccn3c2=O)SC1=S. The molecule has 1 fully saturated rings. The largest absolute Gasteiger partial charge is 0.369 e. The standard InChI is InChI=1S/C26H28N4O2S2/c1-2-3-4-9-17-30-25(32)21(34-26(30)33)18-20-23(27-15-14-19-11-6-5-7-12-19)28-22-13-8-10-16-29(22)24(20)31/h5-8,10-13,16,18,27H,2-4,9,14-15,17H2,1H3/b21-18+. The molecule has 6 nitrogen and oxygen atoms in total. The molecule has 1 aliphatic rings. The number of thiocarbonyl (C=S) groups is 1. The van der Waals surface area contributed by atoms with E-state index in [0.717, 1.165) is 32.1 Å². The third kappa shape index (κ3) is 5.56. The number of carbonyl (C=O) groups is 1. The highest BCUT2D eigenvalue weighted by Gasteiger charge is 2.32. The first-order chi connectivity index (χ1) is 16.6. The van der Waals surface area contributed by atoms with Gasteiger partial charge in [-0.25, -0.2) is 4.98 Å². The number of benzene rings is 1. The van der Waals surface area contributed by atoms with Crippen molar-refractivity contribution in [1.29, 1.82) is 0 Å². The van der Waals surface area contributed by atoms with Gasteiger partial charge in [0, 0.05) is 19.3 Å². The summed E-state index contributed by atoms with van der Waals surface area (Å²) in [6.45, 7) is 3.38. The first-order valence-electron chi connectivity index (χ1n) is 11.6. The zero-order chi connectivity index (χ0) is 23.9. The van der Waals surface area contributed by atoms with Crippen molar-refractivity contribution >= 4 is 51.7 Å². The fraction of sp³-hybridized carbons (Fsp3) is 0.308. The van der Waals surface area contributed by atoms with E-state index in [1.807, 2.05) is 24.3 Å². The number of carbonyl (C=O) groups excluding carboxylic acids is 1. The van der Waals surface area contributed by atoms with Crippen molar-refractivity contribution in [2.45, 2.75) is 39.0 Å². The molecule has 1 aliphatic heterocycles.